The summed E-state index contributed by atoms with van der Waals surface area (Å²) in [6.45, 7) is 8.82. The molecule has 11 rings (SSSR count). The molecular weight excluding hydrogens is 918 g/mol. The number of aromatic nitrogens is 3. The average molecular weight is 958 g/mol. The van der Waals surface area contributed by atoms with Crippen LogP contribution in [0, 0.1) is 18.8 Å². The van der Waals surface area contributed by atoms with E-state index in [4.69, 9.17) is 9.72 Å². The summed E-state index contributed by atoms with van der Waals surface area (Å²) in [6, 6.07) is 62.7. The first-order chi connectivity index (χ1) is 28.8. The minimum atomic E-state index is -0.144. The van der Waals surface area contributed by atoms with Gasteiger partial charge >= 0.3 is 0 Å². The van der Waals surface area contributed by atoms with Crippen LogP contribution in [0.25, 0.3) is 66.2 Å². The first-order valence-corrected chi connectivity index (χ1v) is 20.0. The Morgan fingerprint density at radius 2 is 1.25 bits per heavy atom. The van der Waals surface area contributed by atoms with Gasteiger partial charge in [-0.1, -0.05) is 117 Å². The number of benzene rings is 7. The minimum Gasteiger partial charge on any atom is -0.509 e. The van der Waals surface area contributed by atoms with Gasteiger partial charge in [-0.3, -0.25) is 0 Å². The zero-order valence-corrected chi connectivity index (χ0v) is 35.9. The molecule has 0 fully saturated rings. The van der Waals surface area contributed by atoms with Crippen molar-refractivity contribution in [3.63, 3.8) is 0 Å². The Bertz CT molecular complexity index is 3240. The maximum atomic E-state index is 6.80. The molecule has 0 bridgehead atoms. The fourth-order valence-electron chi connectivity index (χ4n) is 8.58. The van der Waals surface area contributed by atoms with E-state index < -0.39 is 0 Å². The molecule has 0 atom stereocenters. The van der Waals surface area contributed by atoms with Gasteiger partial charge in [-0.05, 0) is 65.4 Å². The van der Waals surface area contributed by atoms with Crippen molar-refractivity contribution < 1.29 is 25.8 Å². The zero-order chi connectivity index (χ0) is 39.8. The number of pyridine rings is 1. The first kappa shape index (κ1) is 37.6. The number of fused-ring (bicyclic) bond motifs is 7. The molecule has 0 N–H and O–H groups in total. The van der Waals surface area contributed by atoms with Gasteiger partial charge in [0.2, 0.25) is 0 Å². The summed E-state index contributed by atoms with van der Waals surface area (Å²) in [5.41, 5.74) is 11.7. The Balaban J connectivity index is 0.00000433. The quantitative estimate of drug-likeness (QED) is 0.156. The first-order valence-electron chi connectivity index (χ1n) is 20.0. The SMILES string of the molecule is CN1[CH-]N(c2[c-]c(Oc3[c-]c4c(cc3)c3ccccc3n4-c3cc4c(cn3)c3ccccc3n4-c3ccccc3)cc(C(C)(C)C)c2)c2cc(-c3ccccc3)ccc21.[Pt]. The van der Waals surface area contributed by atoms with Crippen LogP contribution in [0.15, 0.2) is 164 Å². The second kappa shape index (κ2) is 14.6. The van der Waals surface area contributed by atoms with Crippen molar-refractivity contribution >= 4 is 60.7 Å². The van der Waals surface area contributed by atoms with Gasteiger partial charge in [0, 0.05) is 78.2 Å². The molecule has 0 unspecified atom stereocenters. The van der Waals surface area contributed by atoms with E-state index in [0.717, 1.165) is 77.9 Å². The number of para-hydroxylation sites is 3. The van der Waals surface area contributed by atoms with Crippen LogP contribution in [0.4, 0.5) is 17.1 Å². The number of anilines is 3. The maximum absolute atomic E-state index is 6.80. The Hall–Kier alpha value is -6.62. The largest absolute Gasteiger partial charge is 0.509 e. The van der Waals surface area contributed by atoms with Crippen LogP contribution < -0.4 is 14.5 Å². The second-order valence-corrected chi connectivity index (χ2v) is 16.3. The summed E-state index contributed by atoms with van der Waals surface area (Å²) in [5.74, 6) is 2.03. The third-order valence-electron chi connectivity index (χ3n) is 11.5. The number of nitrogens with zero attached hydrogens (tertiary/aromatic N) is 5. The van der Waals surface area contributed by atoms with E-state index in [1.165, 1.54) is 10.9 Å². The van der Waals surface area contributed by atoms with Crippen LogP contribution in [-0.4, -0.2) is 21.2 Å². The summed E-state index contributed by atoms with van der Waals surface area (Å²) in [7, 11) is 2.09. The Labute approximate surface area is 364 Å². The molecule has 6 nitrogen and oxygen atoms in total. The molecule has 3 aromatic heterocycles. The number of hydrogen-bond acceptors (Lipinski definition) is 4. The summed E-state index contributed by atoms with van der Waals surface area (Å²) in [4.78, 5) is 9.51. The Kier molecular flexibility index (Phi) is 9.15. The smallest absolute Gasteiger partial charge is 0.137 e. The van der Waals surface area contributed by atoms with Crippen LogP contribution in [-0.2, 0) is 26.5 Å². The van der Waals surface area contributed by atoms with E-state index in [0.29, 0.717) is 11.5 Å². The number of ether oxygens (including phenoxy) is 1. The molecule has 0 saturated carbocycles. The van der Waals surface area contributed by atoms with E-state index in [1.807, 2.05) is 12.3 Å². The van der Waals surface area contributed by atoms with Crippen LogP contribution in [0.5, 0.6) is 11.5 Å². The van der Waals surface area contributed by atoms with Crippen molar-refractivity contribution in [2.24, 2.45) is 0 Å². The van der Waals surface area contributed by atoms with Gasteiger partial charge < -0.3 is 23.7 Å². The summed E-state index contributed by atoms with van der Waals surface area (Å²) in [5, 5.41) is 4.47. The molecular formula is C53H40N5OPt-3. The van der Waals surface area contributed by atoms with Crippen LogP contribution in [0.3, 0.4) is 0 Å². The van der Waals surface area contributed by atoms with Gasteiger partial charge in [0.25, 0.3) is 0 Å². The van der Waals surface area contributed by atoms with Crippen molar-refractivity contribution in [3.05, 3.63) is 188 Å². The van der Waals surface area contributed by atoms with E-state index in [1.54, 1.807) is 0 Å². The zero-order valence-electron chi connectivity index (χ0n) is 33.6. The summed E-state index contributed by atoms with van der Waals surface area (Å²) < 4.78 is 11.3. The predicted molar refractivity (Wildman–Crippen MR) is 243 cm³/mol. The van der Waals surface area contributed by atoms with E-state index in [9.17, 15) is 0 Å². The average Bonchev–Trinajstić information content (AvgIpc) is 3.90. The molecule has 0 spiro atoms. The summed E-state index contributed by atoms with van der Waals surface area (Å²) >= 11 is 0. The third-order valence-corrected chi connectivity index (χ3v) is 11.5. The van der Waals surface area contributed by atoms with Gasteiger partial charge in [-0.15, -0.1) is 47.0 Å². The van der Waals surface area contributed by atoms with Gasteiger partial charge in [0.1, 0.15) is 5.82 Å². The molecule has 7 aromatic carbocycles. The maximum Gasteiger partial charge on any atom is 0.137 e. The molecule has 1 aliphatic rings. The van der Waals surface area contributed by atoms with Crippen molar-refractivity contribution in [3.8, 4) is 34.1 Å². The molecule has 0 aliphatic carbocycles. The standard InChI is InChI=1S/C53H40N5O.Pt/c1-53(2,3)37-28-39(56-34-55(4)48-26-23-36(27-51(48)56)35-15-7-5-8-16-35)30-41(29-37)59-40-24-25-44-42-19-11-14-22-47(42)58(49(44)31-40)52-32-50-45(33-54-52)43-20-12-13-21-46(43)57(50)38-17-9-6-10-18-38;/h5-29,32-34H,1-4H3;/q-3;. The molecule has 10 aromatic rings. The topological polar surface area (TPSA) is 38.5 Å². The molecule has 60 heavy (non-hydrogen) atoms. The van der Waals surface area contributed by atoms with Crippen molar-refractivity contribution in [2.75, 3.05) is 16.8 Å². The number of hydrogen-bond donors (Lipinski definition) is 0. The molecule has 1 aliphatic heterocycles. The molecule has 0 amide bonds. The van der Waals surface area contributed by atoms with Gasteiger partial charge in [-0.25, -0.2) is 4.98 Å². The molecule has 7 heteroatoms. The van der Waals surface area contributed by atoms with Gasteiger partial charge in [-0.2, -0.15) is 12.7 Å². The monoisotopic (exact) mass is 957 g/mol. The van der Waals surface area contributed by atoms with E-state index in [2.05, 4.69) is 217 Å². The van der Waals surface area contributed by atoms with Gasteiger partial charge in [0.05, 0.1) is 11.0 Å². The molecule has 4 heterocycles. The molecule has 0 radical (unpaired) electrons. The van der Waals surface area contributed by atoms with Crippen molar-refractivity contribution in [2.45, 2.75) is 26.2 Å². The third kappa shape index (κ3) is 6.26. The molecule has 296 valence electrons. The Morgan fingerprint density at radius 1 is 0.567 bits per heavy atom. The van der Waals surface area contributed by atoms with Crippen LogP contribution >= 0.6 is 0 Å². The number of rotatable bonds is 6. The van der Waals surface area contributed by atoms with Gasteiger partial charge in [0.15, 0.2) is 0 Å². The van der Waals surface area contributed by atoms with Crippen LogP contribution in [0.1, 0.15) is 26.3 Å². The molecule has 0 saturated heterocycles. The predicted octanol–water partition coefficient (Wildman–Crippen LogP) is 13.3. The van der Waals surface area contributed by atoms with E-state index >= 15 is 0 Å². The Morgan fingerprint density at radius 3 is 2.00 bits per heavy atom. The fourth-order valence-corrected chi connectivity index (χ4v) is 8.58. The fraction of sp³-hybridized carbons (Fsp3) is 0.0943. The van der Waals surface area contributed by atoms with Crippen molar-refractivity contribution in [1.29, 1.82) is 0 Å². The minimum absolute atomic E-state index is 0. The van der Waals surface area contributed by atoms with Crippen molar-refractivity contribution in [1.82, 2.24) is 14.1 Å². The van der Waals surface area contributed by atoms with E-state index in [-0.39, 0.29) is 26.5 Å². The normalized spacial score (nSPS) is 12.7. The second-order valence-electron chi connectivity index (χ2n) is 16.3. The van der Waals surface area contributed by atoms with Crippen LogP contribution in [0.2, 0.25) is 0 Å². The summed E-state index contributed by atoms with van der Waals surface area (Å²) in [6.07, 6.45) is 2.01.